The smallest absolute Gasteiger partial charge is 0.252 e. The fourth-order valence-electron chi connectivity index (χ4n) is 0.959. The number of hydrogen-bond acceptors (Lipinski definition) is 1. The molecule has 1 unspecified atom stereocenters. The summed E-state index contributed by atoms with van der Waals surface area (Å²) in [5.74, 6) is 1.42. The first-order chi connectivity index (χ1) is 7.04. The Morgan fingerprint density at radius 2 is 2.33 bits per heavy atom. The summed E-state index contributed by atoms with van der Waals surface area (Å²) in [5.41, 5.74) is 0.281. The van der Waals surface area contributed by atoms with E-state index in [0.29, 0.717) is 0 Å². The third kappa shape index (κ3) is 2.97. The van der Waals surface area contributed by atoms with Crippen LogP contribution in [0.5, 0.6) is 0 Å². The van der Waals surface area contributed by atoms with Gasteiger partial charge in [-0.25, -0.2) is 4.39 Å². The van der Waals surface area contributed by atoms with E-state index in [9.17, 15) is 9.18 Å². The number of terminal acetylenes is 1. The lowest BCUT2D eigenvalue weighted by molar-refractivity contribution is 0.0948. The predicted molar refractivity (Wildman–Crippen MR) is 57.2 cm³/mol. The summed E-state index contributed by atoms with van der Waals surface area (Å²) in [6.45, 7) is 1.67. The van der Waals surface area contributed by atoms with Gasteiger partial charge in [-0.1, -0.05) is 17.5 Å². The average molecular weight is 226 g/mol. The van der Waals surface area contributed by atoms with Crippen molar-refractivity contribution < 1.29 is 9.18 Å². The van der Waals surface area contributed by atoms with Crippen molar-refractivity contribution in [1.29, 1.82) is 0 Å². The van der Waals surface area contributed by atoms with Crippen LogP contribution in [0.25, 0.3) is 0 Å². The van der Waals surface area contributed by atoms with E-state index in [2.05, 4.69) is 11.2 Å². The Morgan fingerprint density at radius 1 is 1.67 bits per heavy atom. The Bertz CT molecular complexity index is 425. The van der Waals surface area contributed by atoms with E-state index < -0.39 is 5.82 Å². The third-order valence-corrected chi connectivity index (χ3v) is 2.07. The number of halogens is 2. The van der Waals surface area contributed by atoms with Crippen LogP contribution in [0, 0.1) is 18.2 Å². The van der Waals surface area contributed by atoms with Gasteiger partial charge in [0, 0.05) is 5.56 Å². The van der Waals surface area contributed by atoms with E-state index in [1.54, 1.807) is 6.92 Å². The second-order valence-electron chi connectivity index (χ2n) is 2.99. The molecule has 0 aliphatic carbocycles. The fourth-order valence-corrected chi connectivity index (χ4v) is 1.14. The molecule has 1 aromatic carbocycles. The summed E-state index contributed by atoms with van der Waals surface area (Å²) >= 11 is 5.53. The summed E-state index contributed by atoms with van der Waals surface area (Å²) < 4.78 is 12.8. The van der Waals surface area contributed by atoms with Crippen LogP contribution in [-0.2, 0) is 0 Å². The number of rotatable bonds is 2. The van der Waals surface area contributed by atoms with Crippen molar-refractivity contribution in [3.63, 3.8) is 0 Å². The highest BCUT2D eigenvalue weighted by molar-refractivity contribution is 6.31. The zero-order valence-electron chi connectivity index (χ0n) is 8.05. The second-order valence-corrected chi connectivity index (χ2v) is 3.40. The van der Waals surface area contributed by atoms with Crippen LogP contribution in [-0.4, -0.2) is 11.9 Å². The van der Waals surface area contributed by atoms with Gasteiger partial charge in [-0.15, -0.1) is 6.42 Å². The SMILES string of the molecule is C#CC(C)NC(=O)c1ccc(F)c(Cl)c1. The molecule has 15 heavy (non-hydrogen) atoms. The fraction of sp³-hybridized carbons (Fsp3) is 0.182. The molecule has 0 saturated heterocycles. The minimum atomic E-state index is -0.557. The first kappa shape index (κ1) is 11.5. The molecule has 0 radical (unpaired) electrons. The molecule has 0 aromatic heterocycles. The van der Waals surface area contributed by atoms with E-state index >= 15 is 0 Å². The van der Waals surface area contributed by atoms with Crippen molar-refractivity contribution in [3.05, 3.63) is 34.6 Å². The Morgan fingerprint density at radius 3 is 2.87 bits per heavy atom. The number of benzene rings is 1. The average Bonchev–Trinajstić information content (AvgIpc) is 2.21. The molecule has 0 saturated carbocycles. The van der Waals surface area contributed by atoms with Crippen LogP contribution < -0.4 is 5.32 Å². The number of nitrogens with one attached hydrogen (secondary N) is 1. The van der Waals surface area contributed by atoms with E-state index in [0.717, 1.165) is 6.07 Å². The molecule has 2 nitrogen and oxygen atoms in total. The highest BCUT2D eigenvalue weighted by atomic mass is 35.5. The predicted octanol–water partition coefficient (Wildman–Crippen LogP) is 2.23. The Labute approximate surface area is 92.4 Å². The number of hydrogen-bond donors (Lipinski definition) is 1. The molecule has 1 N–H and O–H groups in total. The van der Waals surface area contributed by atoms with Crippen molar-refractivity contribution in [2.75, 3.05) is 0 Å². The molecule has 0 aliphatic heterocycles. The summed E-state index contributed by atoms with van der Waals surface area (Å²) in [6.07, 6.45) is 5.10. The van der Waals surface area contributed by atoms with Crippen LogP contribution >= 0.6 is 11.6 Å². The Kier molecular flexibility index (Phi) is 3.70. The van der Waals surface area contributed by atoms with Crippen molar-refractivity contribution in [1.82, 2.24) is 5.32 Å². The van der Waals surface area contributed by atoms with Gasteiger partial charge in [0.1, 0.15) is 5.82 Å². The van der Waals surface area contributed by atoms with Gasteiger partial charge in [-0.3, -0.25) is 4.79 Å². The first-order valence-electron chi connectivity index (χ1n) is 4.26. The summed E-state index contributed by atoms with van der Waals surface area (Å²) in [6, 6.07) is 3.37. The lowest BCUT2D eigenvalue weighted by atomic mass is 10.2. The lowest BCUT2D eigenvalue weighted by Crippen LogP contribution is -2.31. The highest BCUT2D eigenvalue weighted by Crippen LogP contribution is 2.15. The van der Waals surface area contributed by atoms with Crippen molar-refractivity contribution in [2.45, 2.75) is 13.0 Å². The maximum absolute atomic E-state index is 12.8. The molecule has 78 valence electrons. The minimum absolute atomic E-state index is 0.0870. The van der Waals surface area contributed by atoms with E-state index in [-0.39, 0.29) is 22.5 Å². The molecule has 0 aliphatic rings. The maximum atomic E-state index is 12.8. The van der Waals surface area contributed by atoms with Crippen LogP contribution in [0.4, 0.5) is 4.39 Å². The summed E-state index contributed by atoms with van der Waals surface area (Å²) in [7, 11) is 0. The molecule has 1 atom stereocenters. The number of carbonyl (C=O) groups is 1. The van der Waals surface area contributed by atoms with Gasteiger partial charge < -0.3 is 5.32 Å². The van der Waals surface area contributed by atoms with Gasteiger partial charge in [-0.05, 0) is 25.1 Å². The van der Waals surface area contributed by atoms with Gasteiger partial charge >= 0.3 is 0 Å². The van der Waals surface area contributed by atoms with E-state index in [1.165, 1.54) is 12.1 Å². The standard InChI is InChI=1S/C11H9ClFNO/c1-3-7(2)14-11(15)8-4-5-10(13)9(12)6-8/h1,4-7H,2H3,(H,14,15). The van der Waals surface area contributed by atoms with Gasteiger partial charge in [0.25, 0.3) is 5.91 Å². The zero-order chi connectivity index (χ0) is 11.4. The molecule has 1 aromatic rings. The largest absolute Gasteiger partial charge is 0.339 e. The first-order valence-corrected chi connectivity index (χ1v) is 4.64. The van der Waals surface area contributed by atoms with Crippen molar-refractivity contribution >= 4 is 17.5 Å². The van der Waals surface area contributed by atoms with E-state index in [4.69, 9.17) is 18.0 Å². The summed E-state index contributed by atoms with van der Waals surface area (Å²) in [4.78, 5) is 11.5. The van der Waals surface area contributed by atoms with Gasteiger partial charge in [0.05, 0.1) is 11.1 Å². The van der Waals surface area contributed by atoms with Crippen molar-refractivity contribution in [2.24, 2.45) is 0 Å². The van der Waals surface area contributed by atoms with Gasteiger partial charge in [0.2, 0.25) is 0 Å². The van der Waals surface area contributed by atoms with Crippen LogP contribution in [0.2, 0.25) is 5.02 Å². The minimum Gasteiger partial charge on any atom is -0.339 e. The second kappa shape index (κ2) is 4.81. The van der Waals surface area contributed by atoms with Crippen LogP contribution in [0.1, 0.15) is 17.3 Å². The van der Waals surface area contributed by atoms with Gasteiger partial charge in [0.15, 0.2) is 0 Å². The molecule has 0 spiro atoms. The Balaban J connectivity index is 2.84. The molecule has 0 heterocycles. The lowest BCUT2D eigenvalue weighted by Gasteiger charge is -2.07. The molecular formula is C11H9ClFNO. The maximum Gasteiger partial charge on any atom is 0.252 e. The normalized spacial score (nSPS) is 11.6. The number of amides is 1. The van der Waals surface area contributed by atoms with Crippen molar-refractivity contribution in [3.8, 4) is 12.3 Å². The topological polar surface area (TPSA) is 29.1 Å². The molecule has 1 amide bonds. The quantitative estimate of drug-likeness (QED) is 0.769. The molecule has 0 fully saturated rings. The van der Waals surface area contributed by atoms with E-state index in [1.807, 2.05) is 0 Å². The molecular weight excluding hydrogens is 217 g/mol. The monoisotopic (exact) mass is 225 g/mol. The summed E-state index contributed by atoms with van der Waals surface area (Å²) in [5, 5.41) is 2.45. The highest BCUT2D eigenvalue weighted by Gasteiger charge is 2.09. The zero-order valence-corrected chi connectivity index (χ0v) is 8.81. The Hall–Kier alpha value is -1.53. The molecule has 0 bridgehead atoms. The number of carbonyl (C=O) groups excluding carboxylic acids is 1. The molecule has 4 heteroatoms. The van der Waals surface area contributed by atoms with Crippen LogP contribution in [0.15, 0.2) is 18.2 Å². The third-order valence-electron chi connectivity index (χ3n) is 1.78. The molecule has 1 rings (SSSR count). The van der Waals surface area contributed by atoms with Crippen LogP contribution in [0.3, 0.4) is 0 Å². The van der Waals surface area contributed by atoms with Gasteiger partial charge in [-0.2, -0.15) is 0 Å².